The van der Waals surface area contributed by atoms with Crippen LogP contribution in [0.5, 0.6) is 0 Å². The number of hydrogen-bond acceptors (Lipinski definition) is 1. The maximum absolute atomic E-state index is 4.06. The molecule has 0 bridgehead atoms. The fraction of sp³-hybridized carbons (Fsp3) is 0.867. The van der Waals surface area contributed by atoms with Gasteiger partial charge in [0, 0.05) is 12.2 Å². The van der Waals surface area contributed by atoms with E-state index < -0.39 is 0 Å². The first kappa shape index (κ1) is 15.5. The molecule has 96 valence electrons. The molecule has 0 spiro atoms. The Kier molecular flexibility index (Phi) is 12.2. The van der Waals surface area contributed by atoms with Crippen molar-refractivity contribution in [3.8, 4) is 0 Å². The topological polar surface area (TPSA) is 12.0 Å². The Morgan fingerprint density at radius 1 is 0.812 bits per heavy atom. The van der Waals surface area contributed by atoms with Gasteiger partial charge in [-0.05, 0) is 19.3 Å². The summed E-state index contributed by atoms with van der Waals surface area (Å²) in [7, 11) is 0. The smallest absolute Gasteiger partial charge is 0.0143 e. The lowest BCUT2D eigenvalue weighted by Gasteiger charge is -2.08. The van der Waals surface area contributed by atoms with Crippen LogP contribution in [0.15, 0.2) is 12.3 Å². The van der Waals surface area contributed by atoms with E-state index in [1.54, 1.807) is 0 Å². The Balaban J connectivity index is 3.09. The van der Waals surface area contributed by atoms with E-state index in [1.807, 2.05) is 0 Å². The second-order valence-electron chi connectivity index (χ2n) is 4.76. The van der Waals surface area contributed by atoms with Gasteiger partial charge in [0.2, 0.25) is 0 Å². The molecule has 0 aromatic carbocycles. The second kappa shape index (κ2) is 12.6. The van der Waals surface area contributed by atoms with Gasteiger partial charge in [-0.3, -0.25) is 0 Å². The van der Waals surface area contributed by atoms with Gasteiger partial charge >= 0.3 is 0 Å². The van der Waals surface area contributed by atoms with Crippen molar-refractivity contribution in [2.45, 2.75) is 78.1 Å². The van der Waals surface area contributed by atoms with Gasteiger partial charge < -0.3 is 5.32 Å². The molecule has 0 radical (unpaired) electrons. The van der Waals surface area contributed by atoms with E-state index in [1.165, 1.54) is 63.5 Å². The third-order valence-electron chi connectivity index (χ3n) is 2.99. The van der Waals surface area contributed by atoms with Crippen LogP contribution in [0.4, 0.5) is 0 Å². The van der Waals surface area contributed by atoms with E-state index in [0.29, 0.717) is 0 Å². The predicted octanol–water partition coefficient (Wildman–Crippen LogP) is 5.03. The van der Waals surface area contributed by atoms with Crippen molar-refractivity contribution >= 4 is 0 Å². The molecule has 0 aromatic rings. The first-order valence-electron chi connectivity index (χ1n) is 7.22. The lowest BCUT2D eigenvalue weighted by Crippen LogP contribution is -2.13. The van der Waals surface area contributed by atoms with E-state index in [-0.39, 0.29) is 0 Å². The van der Waals surface area contributed by atoms with Gasteiger partial charge in [0.15, 0.2) is 0 Å². The first-order chi connectivity index (χ1) is 7.81. The van der Waals surface area contributed by atoms with Crippen molar-refractivity contribution in [3.05, 3.63) is 12.3 Å². The van der Waals surface area contributed by atoms with Crippen LogP contribution < -0.4 is 5.32 Å². The molecule has 0 saturated carbocycles. The van der Waals surface area contributed by atoms with E-state index >= 15 is 0 Å². The highest BCUT2D eigenvalue weighted by Crippen LogP contribution is 2.10. The molecule has 0 unspecified atom stereocenters. The van der Waals surface area contributed by atoms with Crippen LogP contribution >= 0.6 is 0 Å². The largest absolute Gasteiger partial charge is 0.389 e. The summed E-state index contributed by atoms with van der Waals surface area (Å²) < 4.78 is 0. The minimum Gasteiger partial charge on any atom is -0.389 e. The number of rotatable bonds is 12. The summed E-state index contributed by atoms with van der Waals surface area (Å²) in [6.45, 7) is 9.66. The monoisotopic (exact) mass is 225 g/mol. The Labute approximate surface area is 103 Å². The molecule has 0 aliphatic rings. The third kappa shape index (κ3) is 11.6. The number of allylic oxidation sites excluding steroid dienone is 1. The molecule has 0 fully saturated rings. The van der Waals surface area contributed by atoms with Gasteiger partial charge in [0.05, 0.1) is 0 Å². The maximum Gasteiger partial charge on any atom is 0.0143 e. The summed E-state index contributed by atoms with van der Waals surface area (Å²) in [4.78, 5) is 0. The molecule has 0 atom stereocenters. The Morgan fingerprint density at radius 3 is 2.00 bits per heavy atom. The normalized spacial score (nSPS) is 10.4. The fourth-order valence-corrected chi connectivity index (χ4v) is 1.83. The molecule has 0 aromatic heterocycles. The van der Waals surface area contributed by atoms with Crippen LogP contribution in [-0.4, -0.2) is 6.54 Å². The summed E-state index contributed by atoms with van der Waals surface area (Å²) in [5, 5.41) is 3.40. The van der Waals surface area contributed by atoms with Crippen LogP contribution in [0.2, 0.25) is 0 Å². The Morgan fingerprint density at radius 2 is 1.38 bits per heavy atom. The standard InChI is InChI=1S/C15H31N/c1-4-6-8-9-10-11-12-13-15(3)16-14-7-5-2/h16H,3-14H2,1-2H3. The van der Waals surface area contributed by atoms with Crippen LogP contribution in [0.1, 0.15) is 78.1 Å². The van der Waals surface area contributed by atoms with Crippen molar-refractivity contribution in [1.29, 1.82) is 0 Å². The van der Waals surface area contributed by atoms with E-state index in [2.05, 4.69) is 25.7 Å². The lowest BCUT2D eigenvalue weighted by molar-refractivity contribution is 0.578. The van der Waals surface area contributed by atoms with Gasteiger partial charge in [-0.2, -0.15) is 0 Å². The maximum atomic E-state index is 4.06. The molecule has 0 amide bonds. The molecule has 1 nitrogen and oxygen atoms in total. The van der Waals surface area contributed by atoms with Crippen molar-refractivity contribution in [3.63, 3.8) is 0 Å². The summed E-state index contributed by atoms with van der Waals surface area (Å²) in [6, 6.07) is 0. The van der Waals surface area contributed by atoms with E-state index in [4.69, 9.17) is 0 Å². The van der Waals surface area contributed by atoms with Gasteiger partial charge in [-0.1, -0.05) is 65.4 Å². The highest BCUT2D eigenvalue weighted by atomic mass is 14.9. The predicted molar refractivity (Wildman–Crippen MR) is 74.7 cm³/mol. The highest BCUT2D eigenvalue weighted by molar-refractivity contribution is 4.90. The lowest BCUT2D eigenvalue weighted by atomic mass is 10.1. The average molecular weight is 225 g/mol. The van der Waals surface area contributed by atoms with Gasteiger partial charge in [0.1, 0.15) is 0 Å². The van der Waals surface area contributed by atoms with E-state index in [0.717, 1.165) is 13.0 Å². The number of hydrogen-bond donors (Lipinski definition) is 1. The van der Waals surface area contributed by atoms with Crippen LogP contribution in [0.3, 0.4) is 0 Å². The zero-order valence-corrected chi connectivity index (χ0v) is 11.5. The molecule has 0 heterocycles. The van der Waals surface area contributed by atoms with Gasteiger partial charge in [0.25, 0.3) is 0 Å². The minimum atomic E-state index is 1.10. The summed E-state index contributed by atoms with van der Waals surface area (Å²) in [6.07, 6.45) is 13.4. The molecule has 16 heavy (non-hydrogen) atoms. The zero-order chi connectivity index (χ0) is 12.1. The Bertz CT molecular complexity index is 152. The van der Waals surface area contributed by atoms with Crippen molar-refractivity contribution in [2.75, 3.05) is 6.54 Å². The molecule has 1 heteroatoms. The zero-order valence-electron chi connectivity index (χ0n) is 11.5. The van der Waals surface area contributed by atoms with Gasteiger partial charge in [-0.25, -0.2) is 0 Å². The molecule has 0 aliphatic heterocycles. The highest BCUT2D eigenvalue weighted by Gasteiger charge is 1.94. The fourth-order valence-electron chi connectivity index (χ4n) is 1.83. The molecule has 1 N–H and O–H groups in total. The molecular formula is C15H31N. The molecule has 0 saturated heterocycles. The van der Waals surface area contributed by atoms with Crippen molar-refractivity contribution in [2.24, 2.45) is 0 Å². The van der Waals surface area contributed by atoms with E-state index in [9.17, 15) is 0 Å². The molecular weight excluding hydrogens is 194 g/mol. The quantitative estimate of drug-likeness (QED) is 0.459. The molecule has 0 rings (SSSR count). The first-order valence-corrected chi connectivity index (χ1v) is 7.22. The van der Waals surface area contributed by atoms with Crippen molar-refractivity contribution < 1.29 is 0 Å². The average Bonchev–Trinajstić information content (AvgIpc) is 2.28. The number of nitrogens with one attached hydrogen (secondary N) is 1. The molecule has 0 aliphatic carbocycles. The minimum absolute atomic E-state index is 1.10. The van der Waals surface area contributed by atoms with Crippen molar-refractivity contribution in [1.82, 2.24) is 5.32 Å². The van der Waals surface area contributed by atoms with Crippen LogP contribution in [-0.2, 0) is 0 Å². The summed E-state index contributed by atoms with van der Waals surface area (Å²) >= 11 is 0. The van der Waals surface area contributed by atoms with Crippen LogP contribution in [0.25, 0.3) is 0 Å². The summed E-state index contributed by atoms with van der Waals surface area (Å²) in [5.74, 6) is 0. The third-order valence-corrected chi connectivity index (χ3v) is 2.99. The van der Waals surface area contributed by atoms with Crippen LogP contribution in [0, 0.1) is 0 Å². The summed E-state index contributed by atoms with van der Waals surface area (Å²) in [5.41, 5.74) is 1.24. The Hall–Kier alpha value is -0.460. The second-order valence-corrected chi connectivity index (χ2v) is 4.76. The number of unbranched alkanes of at least 4 members (excludes halogenated alkanes) is 7. The SMILES string of the molecule is C=C(CCCCCCCCC)NCCCC. The van der Waals surface area contributed by atoms with Gasteiger partial charge in [-0.15, -0.1) is 0 Å².